The van der Waals surface area contributed by atoms with Crippen LogP contribution in [0.2, 0.25) is 0 Å². The Hall–Kier alpha value is -0.420. The summed E-state index contributed by atoms with van der Waals surface area (Å²) in [5.41, 5.74) is 0. The third-order valence-corrected chi connectivity index (χ3v) is 3.75. The van der Waals surface area contributed by atoms with Crippen molar-refractivity contribution in [3.8, 4) is 0 Å². The third kappa shape index (κ3) is 3.06. The summed E-state index contributed by atoms with van der Waals surface area (Å²) in [6, 6.07) is 0. The topological polar surface area (TPSA) is 57.6 Å². The van der Waals surface area contributed by atoms with E-state index >= 15 is 0 Å². The van der Waals surface area contributed by atoms with Crippen molar-refractivity contribution in [3.05, 3.63) is 0 Å². The van der Waals surface area contributed by atoms with Gasteiger partial charge in [-0.1, -0.05) is 6.92 Å². The van der Waals surface area contributed by atoms with Gasteiger partial charge in [-0.15, -0.1) is 0 Å². The van der Waals surface area contributed by atoms with Crippen molar-refractivity contribution < 1.29 is 14.1 Å². The van der Waals surface area contributed by atoms with Gasteiger partial charge in [0.1, 0.15) is 0 Å². The molecule has 5 heteroatoms. The van der Waals surface area contributed by atoms with Gasteiger partial charge in [0.05, 0.1) is 0 Å². The van der Waals surface area contributed by atoms with Crippen molar-refractivity contribution >= 4 is 16.7 Å². The van der Waals surface area contributed by atoms with Crippen LogP contribution in [0.3, 0.4) is 0 Å². The summed E-state index contributed by atoms with van der Waals surface area (Å²) >= 11 is 0. The lowest BCUT2D eigenvalue weighted by Crippen LogP contribution is -2.30. The monoisotopic (exact) mass is 219 g/mol. The van der Waals surface area contributed by atoms with E-state index in [0.717, 1.165) is 0 Å². The molecule has 0 aliphatic carbocycles. The van der Waals surface area contributed by atoms with E-state index in [1.807, 2.05) is 6.92 Å². The van der Waals surface area contributed by atoms with Crippen molar-refractivity contribution in [1.82, 2.24) is 4.90 Å². The van der Waals surface area contributed by atoms with Crippen molar-refractivity contribution in [2.45, 2.75) is 13.3 Å². The van der Waals surface area contributed by atoms with Crippen LogP contribution in [-0.2, 0) is 15.6 Å². The van der Waals surface area contributed by atoms with E-state index in [1.54, 1.807) is 4.90 Å². The maximum absolute atomic E-state index is 11.4. The van der Waals surface area contributed by atoms with Crippen LogP contribution in [0.15, 0.2) is 0 Å². The highest BCUT2D eigenvalue weighted by Gasteiger charge is 2.28. The largest absolute Gasteiger partial charge is 0.396 e. The van der Waals surface area contributed by atoms with Crippen molar-refractivity contribution in [2.24, 2.45) is 5.92 Å². The molecule has 2 atom stereocenters. The molecule has 0 aromatic carbocycles. The number of nitrogens with zero attached hydrogens (tertiary/aromatic N) is 1. The van der Waals surface area contributed by atoms with Gasteiger partial charge in [-0.05, 0) is 0 Å². The van der Waals surface area contributed by atoms with E-state index in [1.165, 1.54) is 0 Å². The van der Waals surface area contributed by atoms with Crippen LogP contribution in [0, 0.1) is 5.92 Å². The predicted molar refractivity (Wildman–Crippen MR) is 55.3 cm³/mol. The normalized spacial score (nSPS) is 24.3. The first-order valence-electron chi connectivity index (χ1n) is 4.91. The van der Waals surface area contributed by atoms with Crippen molar-refractivity contribution in [3.63, 3.8) is 0 Å². The molecule has 4 nitrogen and oxygen atoms in total. The first-order chi connectivity index (χ1) is 6.67. The van der Waals surface area contributed by atoms with Crippen LogP contribution < -0.4 is 0 Å². The molecule has 2 unspecified atom stereocenters. The Labute approximate surface area is 86.7 Å². The van der Waals surface area contributed by atoms with E-state index in [0.29, 0.717) is 31.0 Å². The minimum Gasteiger partial charge on any atom is -0.396 e. The molecule has 1 amide bonds. The molecule has 0 radical (unpaired) electrons. The van der Waals surface area contributed by atoms with E-state index < -0.39 is 10.8 Å². The number of hydrogen-bond donors (Lipinski definition) is 1. The van der Waals surface area contributed by atoms with Gasteiger partial charge in [0.2, 0.25) is 5.91 Å². The SMILES string of the molecule is CCS(=O)CCN1CC(CO)CC1=O. The van der Waals surface area contributed by atoms with Crippen molar-refractivity contribution in [1.29, 1.82) is 0 Å². The molecular formula is C9H17NO3S. The zero-order chi connectivity index (χ0) is 10.6. The maximum Gasteiger partial charge on any atom is 0.223 e. The minimum absolute atomic E-state index is 0.0686. The summed E-state index contributed by atoms with van der Waals surface area (Å²) in [5, 5.41) is 8.89. The average molecular weight is 219 g/mol. The lowest BCUT2D eigenvalue weighted by molar-refractivity contribution is -0.127. The second kappa shape index (κ2) is 5.46. The number of aliphatic hydroxyl groups is 1. The smallest absolute Gasteiger partial charge is 0.223 e. The molecule has 1 aliphatic heterocycles. The molecular weight excluding hydrogens is 202 g/mol. The van der Waals surface area contributed by atoms with Gasteiger partial charge < -0.3 is 10.0 Å². The first-order valence-corrected chi connectivity index (χ1v) is 6.39. The number of likely N-dealkylation sites (tertiary alicyclic amines) is 1. The van der Waals surface area contributed by atoms with Gasteiger partial charge in [0.25, 0.3) is 0 Å². The Morgan fingerprint density at radius 1 is 1.64 bits per heavy atom. The van der Waals surface area contributed by atoms with E-state index in [9.17, 15) is 9.00 Å². The summed E-state index contributed by atoms with van der Waals surface area (Å²) in [6.45, 7) is 3.13. The number of rotatable bonds is 5. The zero-order valence-electron chi connectivity index (χ0n) is 8.44. The summed E-state index contributed by atoms with van der Waals surface area (Å²) in [5.74, 6) is 1.36. The first kappa shape index (κ1) is 11.7. The molecule has 0 spiro atoms. The average Bonchev–Trinajstić information content (AvgIpc) is 2.55. The molecule has 1 saturated heterocycles. The van der Waals surface area contributed by atoms with Gasteiger partial charge in [-0.2, -0.15) is 0 Å². The standard InChI is InChI=1S/C9H17NO3S/c1-2-14(13)4-3-10-6-8(7-11)5-9(10)12/h8,11H,2-7H2,1H3. The molecule has 82 valence electrons. The third-order valence-electron chi connectivity index (χ3n) is 2.46. The van der Waals surface area contributed by atoms with Crippen LogP contribution in [0.5, 0.6) is 0 Å². The number of carbonyl (C=O) groups excluding carboxylic acids is 1. The van der Waals surface area contributed by atoms with Gasteiger partial charge in [-0.25, -0.2) is 0 Å². The fourth-order valence-electron chi connectivity index (χ4n) is 1.55. The Morgan fingerprint density at radius 2 is 2.36 bits per heavy atom. The molecule has 1 heterocycles. The maximum atomic E-state index is 11.4. The highest BCUT2D eigenvalue weighted by Crippen LogP contribution is 2.16. The van der Waals surface area contributed by atoms with Crippen LogP contribution in [0.1, 0.15) is 13.3 Å². The fraction of sp³-hybridized carbons (Fsp3) is 0.889. The van der Waals surface area contributed by atoms with E-state index in [2.05, 4.69) is 0 Å². The molecule has 0 bridgehead atoms. The number of aliphatic hydroxyl groups excluding tert-OH is 1. The van der Waals surface area contributed by atoms with Gasteiger partial charge in [0, 0.05) is 54.3 Å². The lowest BCUT2D eigenvalue weighted by Gasteiger charge is -2.15. The van der Waals surface area contributed by atoms with Gasteiger partial charge in [0.15, 0.2) is 0 Å². The molecule has 0 aromatic heterocycles. The van der Waals surface area contributed by atoms with Crippen molar-refractivity contribution in [2.75, 3.05) is 31.2 Å². The molecule has 1 aliphatic rings. The Balaban J connectivity index is 2.32. The van der Waals surface area contributed by atoms with Crippen LogP contribution in [0.4, 0.5) is 0 Å². The van der Waals surface area contributed by atoms with Crippen LogP contribution in [-0.4, -0.2) is 51.3 Å². The Kier molecular flexibility index (Phi) is 4.54. The van der Waals surface area contributed by atoms with E-state index in [4.69, 9.17) is 5.11 Å². The fourth-order valence-corrected chi connectivity index (χ4v) is 2.26. The number of carbonyl (C=O) groups is 1. The van der Waals surface area contributed by atoms with Crippen LogP contribution >= 0.6 is 0 Å². The minimum atomic E-state index is -0.808. The van der Waals surface area contributed by atoms with Gasteiger partial charge in [-0.3, -0.25) is 9.00 Å². The summed E-state index contributed by atoms with van der Waals surface area (Å²) in [6.07, 6.45) is 0.440. The molecule has 0 saturated carbocycles. The molecule has 0 aromatic rings. The van der Waals surface area contributed by atoms with Crippen LogP contribution in [0.25, 0.3) is 0 Å². The number of hydrogen-bond acceptors (Lipinski definition) is 3. The predicted octanol–water partition coefficient (Wildman–Crippen LogP) is -0.404. The summed E-state index contributed by atoms with van der Waals surface area (Å²) in [4.78, 5) is 13.1. The number of amides is 1. The van der Waals surface area contributed by atoms with Gasteiger partial charge >= 0.3 is 0 Å². The zero-order valence-corrected chi connectivity index (χ0v) is 9.26. The highest BCUT2D eigenvalue weighted by atomic mass is 32.2. The molecule has 1 N–H and O–H groups in total. The Morgan fingerprint density at radius 3 is 2.86 bits per heavy atom. The molecule has 1 rings (SSSR count). The summed E-state index contributed by atoms with van der Waals surface area (Å²) < 4.78 is 11.2. The highest BCUT2D eigenvalue weighted by molar-refractivity contribution is 7.84. The second-order valence-corrected chi connectivity index (χ2v) is 5.39. The lowest BCUT2D eigenvalue weighted by atomic mass is 10.1. The molecule has 14 heavy (non-hydrogen) atoms. The Bertz CT molecular complexity index is 232. The molecule has 1 fully saturated rings. The summed E-state index contributed by atoms with van der Waals surface area (Å²) in [7, 11) is -0.808. The quantitative estimate of drug-likeness (QED) is 0.684. The second-order valence-electron chi connectivity index (χ2n) is 3.53. The van der Waals surface area contributed by atoms with E-state index in [-0.39, 0.29) is 18.4 Å².